The molecule has 0 unspecified atom stereocenters. The smallest absolute Gasteiger partial charge is 0.263 e. The summed E-state index contributed by atoms with van der Waals surface area (Å²) in [6.45, 7) is 3.28. The number of ether oxygens (including phenoxy) is 1. The van der Waals surface area contributed by atoms with Gasteiger partial charge in [0.2, 0.25) is 10.0 Å². The van der Waals surface area contributed by atoms with Crippen LogP contribution in [-0.2, 0) is 14.8 Å². The molecular weight excluding hydrogens is 374 g/mol. The van der Waals surface area contributed by atoms with Crippen molar-refractivity contribution in [3.05, 3.63) is 46.7 Å². The van der Waals surface area contributed by atoms with E-state index in [0.29, 0.717) is 17.1 Å². The second-order valence-electron chi connectivity index (χ2n) is 5.58. The second-order valence-corrected chi connectivity index (χ2v) is 8.39. The lowest BCUT2D eigenvalue weighted by atomic mass is 10.2. The van der Waals surface area contributed by atoms with Crippen molar-refractivity contribution < 1.29 is 17.9 Å². The fourth-order valence-electron chi connectivity index (χ4n) is 2.31. The Hall–Kier alpha value is -2.39. The zero-order valence-electron chi connectivity index (χ0n) is 15.0. The number of benzene rings is 1. The van der Waals surface area contributed by atoms with Gasteiger partial charge in [-0.15, -0.1) is 11.3 Å². The lowest BCUT2D eigenvalue weighted by Crippen LogP contribution is -2.46. The zero-order valence-corrected chi connectivity index (χ0v) is 16.6. The van der Waals surface area contributed by atoms with Crippen LogP contribution in [0.15, 0.2) is 46.9 Å². The highest BCUT2D eigenvalue weighted by atomic mass is 32.2. The third-order valence-electron chi connectivity index (χ3n) is 3.63. The molecule has 26 heavy (non-hydrogen) atoms. The van der Waals surface area contributed by atoms with Gasteiger partial charge in [-0.25, -0.2) is 13.8 Å². The molecule has 7 nitrogen and oxygen atoms in total. The number of amides is 1. The van der Waals surface area contributed by atoms with Crippen LogP contribution in [0.3, 0.4) is 0 Å². The molecule has 0 aliphatic heterocycles. The van der Waals surface area contributed by atoms with Crippen LogP contribution >= 0.6 is 11.3 Å². The van der Waals surface area contributed by atoms with Gasteiger partial charge >= 0.3 is 0 Å². The van der Waals surface area contributed by atoms with Gasteiger partial charge in [0.05, 0.1) is 24.8 Å². The minimum atomic E-state index is -3.68. The molecule has 1 aromatic carbocycles. The molecule has 1 heterocycles. The topological polar surface area (TPSA) is 88.1 Å². The fraction of sp³-hybridized carbons (Fsp3) is 0.294. The molecule has 0 aliphatic carbocycles. The number of nitrogens with one attached hydrogen (secondary N) is 1. The SMILES string of the molecule is COc1ccc(N([C@H](C)C(=O)N/N=C(/C)c2cccs2)S(C)(=O)=O)cc1. The van der Waals surface area contributed by atoms with Gasteiger partial charge in [0.15, 0.2) is 0 Å². The molecule has 1 atom stereocenters. The normalized spacial score (nSPS) is 13.2. The number of sulfonamides is 1. The van der Waals surface area contributed by atoms with E-state index in [4.69, 9.17) is 4.74 Å². The number of carbonyl (C=O) groups excluding carboxylic acids is 1. The standard InChI is InChI=1S/C17H21N3O4S2/c1-12(16-6-5-11-25-16)18-19-17(21)13(2)20(26(4,22)23)14-7-9-15(24-3)10-8-14/h5-11,13H,1-4H3,(H,19,21)/b18-12-/t13-/m1/s1. The Bertz CT molecular complexity index is 875. The van der Waals surface area contributed by atoms with Crippen molar-refractivity contribution >= 4 is 38.7 Å². The molecule has 2 aromatic rings. The number of carbonyl (C=O) groups is 1. The minimum Gasteiger partial charge on any atom is -0.497 e. The average Bonchev–Trinajstić information content (AvgIpc) is 3.13. The van der Waals surface area contributed by atoms with Crippen LogP contribution in [0.5, 0.6) is 5.75 Å². The van der Waals surface area contributed by atoms with Crippen LogP contribution in [0.25, 0.3) is 0 Å². The summed E-state index contributed by atoms with van der Waals surface area (Å²) < 4.78 is 30.6. The fourth-order valence-corrected chi connectivity index (χ4v) is 4.16. The Labute approximate surface area is 157 Å². The number of hydrogen-bond acceptors (Lipinski definition) is 6. The third kappa shape index (κ3) is 4.83. The number of thiophene rings is 1. The minimum absolute atomic E-state index is 0.370. The highest BCUT2D eigenvalue weighted by molar-refractivity contribution is 7.92. The Morgan fingerprint density at radius 2 is 1.92 bits per heavy atom. The first-order chi connectivity index (χ1) is 12.2. The van der Waals surface area contributed by atoms with Gasteiger partial charge < -0.3 is 4.74 Å². The molecule has 1 aromatic heterocycles. The monoisotopic (exact) mass is 395 g/mol. The van der Waals surface area contributed by atoms with Gasteiger partial charge in [-0.1, -0.05) is 6.07 Å². The lowest BCUT2D eigenvalue weighted by molar-refractivity contribution is -0.121. The van der Waals surface area contributed by atoms with Crippen LogP contribution in [0.2, 0.25) is 0 Å². The number of anilines is 1. The van der Waals surface area contributed by atoms with E-state index in [1.165, 1.54) is 25.4 Å². The van der Waals surface area contributed by atoms with Gasteiger partial charge in [-0.2, -0.15) is 5.10 Å². The first-order valence-electron chi connectivity index (χ1n) is 7.75. The summed E-state index contributed by atoms with van der Waals surface area (Å²) in [5.41, 5.74) is 3.46. The van der Waals surface area contributed by atoms with E-state index >= 15 is 0 Å². The Balaban J connectivity index is 2.21. The van der Waals surface area contributed by atoms with Gasteiger partial charge in [-0.3, -0.25) is 9.10 Å². The molecule has 1 N–H and O–H groups in total. The molecule has 9 heteroatoms. The van der Waals surface area contributed by atoms with Crippen molar-refractivity contribution in [1.29, 1.82) is 0 Å². The molecule has 1 amide bonds. The molecule has 0 aliphatic rings. The highest BCUT2D eigenvalue weighted by Crippen LogP contribution is 2.23. The number of rotatable bonds is 7. The predicted octanol–water partition coefficient (Wildman–Crippen LogP) is 2.45. The van der Waals surface area contributed by atoms with Crippen LogP contribution in [0, 0.1) is 0 Å². The largest absolute Gasteiger partial charge is 0.497 e. The third-order valence-corrected chi connectivity index (χ3v) is 5.85. The molecular formula is C17H21N3O4S2. The molecule has 2 rings (SSSR count). The van der Waals surface area contributed by atoms with Crippen LogP contribution in [0.1, 0.15) is 18.7 Å². The maximum absolute atomic E-state index is 12.5. The summed E-state index contributed by atoms with van der Waals surface area (Å²) in [5.74, 6) is 0.0672. The van der Waals surface area contributed by atoms with E-state index in [0.717, 1.165) is 15.4 Å². The maximum atomic E-state index is 12.5. The Morgan fingerprint density at radius 3 is 2.42 bits per heavy atom. The first kappa shape index (κ1) is 19.9. The quantitative estimate of drug-likeness (QED) is 0.576. The Kier molecular flexibility index (Phi) is 6.38. The van der Waals surface area contributed by atoms with Gasteiger partial charge in [0, 0.05) is 4.88 Å². The van der Waals surface area contributed by atoms with Gasteiger partial charge in [0.25, 0.3) is 5.91 Å². The summed E-state index contributed by atoms with van der Waals surface area (Å²) in [6, 6.07) is 9.25. The summed E-state index contributed by atoms with van der Waals surface area (Å²) in [5, 5.41) is 5.97. The van der Waals surface area contributed by atoms with E-state index in [2.05, 4.69) is 10.5 Å². The van der Waals surface area contributed by atoms with E-state index in [9.17, 15) is 13.2 Å². The molecule has 0 spiro atoms. The maximum Gasteiger partial charge on any atom is 0.263 e. The molecule has 0 radical (unpaired) electrons. The summed E-state index contributed by atoms with van der Waals surface area (Å²) in [4.78, 5) is 13.4. The van der Waals surface area contributed by atoms with Crippen molar-refractivity contribution in [3.63, 3.8) is 0 Å². The molecule has 0 saturated carbocycles. The average molecular weight is 396 g/mol. The van der Waals surface area contributed by atoms with E-state index in [1.807, 2.05) is 17.5 Å². The van der Waals surface area contributed by atoms with Crippen LogP contribution < -0.4 is 14.5 Å². The molecule has 140 valence electrons. The molecule has 0 saturated heterocycles. The molecule has 0 bridgehead atoms. The van der Waals surface area contributed by atoms with Gasteiger partial charge in [-0.05, 0) is 49.6 Å². The Morgan fingerprint density at radius 1 is 1.27 bits per heavy atom. The predicted molar refractivity (Wildman–Crippen MR) is 104 cm³/mol. The van der Waals surface area contributed by atoms with Crippen molar-refractivity contribution in [1.82, 2.24) is 5.43 Å². The lowest BCUT2D eigenvalue weighted by Gasteiger charge is -2.27. The summed E-state index contributed by atoms with van der Waals surface area (Å²) >= 11 is 1.50. The van der Waals surface area contributed by atoms with Crippen molar-refractivity contribution in [2.75, 3.05) is 17.7 Å². The zero-order chi connectivity index (χ0) is 19.3. The van der Waals surface area contributed by atoms with Crippen molar-refractivity contribution in [2.24, 2.45) is 5.10 Å². The number of nitrogens with zero attached hydrogens (tertiary/aromatic N) is 2. The van der Waals surface area contributed by atoms with Crippen LogP contribution in [-0.4, -0.2) is 39.4 Å². The number of hydrazone groups is 1. The van der Waals surface area contributed by atoms with E-state index < -0.39 is 22.0 Å². The molecule has 0 fully saturated rings. The second kappa shape index (κ2) is 8.33. The van der Waals surface area contributed by atoms with E-state index in [-0.39, 0.29) is 0 Å². The summed E-state index contributed by atoms with van der Waals surface area (Å²) in [7, 11) is -2.16. The summed E-state index contributed by atoms with van der Waals surface area (Å²) in [6.07, 6.45) is 1.06. The first-order valence-corrected chi connectivity index (χ1v) is 10.5. The van der Waals surface area contributed by atoms with Gasteiger partial charge in [0.1, 0.15) is 11.8 Å². The number of methoxy groups -OCH3 is 1. The van der Waals surface area contributed by atoms with Crippen molar-refractivity contribution in [3.8, 4) is 5.75 Å². The highest BCUT2D eigenvalue weighted by Gasteiger charge is 2.29. The van der Waals surface area contributed by atoms with Crippen molar-refractivity contribution in [2.45, 2.75) is 19.9 Å². The van der Waals surface area contributed by atoms with E-state index in [1.54, 1.807) is 31.2 Å². The van der Waals surface area contributed by atoms with Crippen LogP contribution in [0.4, 0.5) is 5.69 Å². The number of hydrogen-bond donors (Lipinski definition) is 1.